The number of amides is 3. The van der Waals surface area contributed by atoms with Gasteiger partial charge in [-0.1, -0.05) is 39.0 Å². The van der Waals surface area contributed by atoms with Crippen LogP contribution in [0.5, 0.6) is 5.75 Å². The van der Waals surface area contributed by atoms with E-state index in [9.17, 15) is 14.4 Å². The topological polar surface area (TPSA) is 150 Å². The zero-order chi connectivity index (χ0) is 32.3. The molecule has 12 nitrogen and oxygen atoms in total. The maximum absolute atomic E-state index is 14.6. The molecule has 1 saturated heterocycles. The molecule has 0 saturated carbocycles. The van der Waals surface area contributed by atoms with Gasteiger partial charge < -0.3 is 26.0 Å². The van der Waals surface area contributed by atoms with E-state index in [0.717, 1.165) is 22.2 Å². The highest BCUT2D eigenvalue weighted by atomic mass is 16.5. The number of pyridine rings is 1. The Labute approximate surface area is 262 Å². The molecule has 0 unspecified atom stereocenters. The number of hydrogen-bond acceptors (Lipinski definition) is 10. The Bertz CT molecular complexity index is 1730. The maximum atomic E-state index is 14.6. The summed E-state index contributed by atoms with van der Waals surface area (Å²) in [4.78, 5) is 56.4. The number of anilines is 3. The fourth-order valence-corrected chi connectivity index (χ4v) is 5.36. The number of hydrogen-bond donors (Lipinski definition) is 4. The standard InChI is InChI=1S/C33H40N8O4/c1-19(34-5)30(42)40-28(33(2,3)4)32(44)41(31(43)24-12-9-13-35-24)26-15-22-25(16-27(26)45-6)37-18-38-29(22)39-21-14-20-10-7-8-11-23(20)36-17-21/h7-8,10-11,14-19,24,28,34-35H,9,12-13H2,1-6H3,(H,40,42)(H,37,38,39)/t19-,24-,28+/m0/s1. The summed E-state index contributed by atoms with van der Waals surface area (Å²) in [7, 11) is 3.14. The van der Waals surface area contributed by atoms with Gasteiger partial charge in [-0.2, -0.15) is 0 Å². The zero-order valence-corrected chi connectivity index (χ0v) is 26.5. The Balaban J connectivity index is 1.63. The third kappa shape index (κ3) is 6.71. The number of nitrogens with zero attached hydrogens (tertiary/aromatic N) is 4. The molecular weight excluding hydrogens is 572 g/mol. The Morgan fingerprint density at radius 3 is 2.53 bits per heavy atom. The number of fused-ring (bicyclic) bond motifs is 2. The summed E-state index contributed by atoms with van der Waals surface area (Å²) in [5.41, 5.74) is 1.61. The van der Waals surface area contributed by atoms with Gasteiger partial charge in [-0.05, 0) is 57.0 Å². The van der Waals surface area contributed by atoms with E-state index in [1.54, 1.807) is 32.3 Å². The van der Waals surface area contributed by atoms with Crippen molar-refractivity contribution in [2.24, 2.45) is 5.41 Å². The number of carbonyl (C=O) groups is 3. The van der Waals surface area contributed by atoms with Crippen molar-refractivity contribution < 1.29 is 19.1 Å². The monoisotopic (exact) mass is 612 g/mol. The van der Waals surface area contributed by atoms with Gasteiger partial charge in [-0.25, -0.2) is 14.9 Å². The van der Waals surface area contributed by atoms with E-state index in [4.69, 9.17) is 4.74 Å². The molecular formula is C33H40N8O4. The van der Waals surface area contributed by atoms with Gasteiger partial charge in [0.25, 0.3) is 11.8 Å². The van der Waals surface area contributed by atoms with Crippen molar-refractivity contribution in [3.05, 3.63) is 55.0 Å². The van der Waals surface area contributed by atoms with Crippen LogP contribution in [0.1, 0.15) is 40.5 Å². The van der Waals surface area contributed by atoms with Crippen LogP contribution in [0.4, 0.5) is 17.2 Å². The summed E-state index contributed by atoms with van der Waals surface area (Å²) in [5, 5.41) is 13.9. The second-order valence-electron chi connectivity index (χ2n) is 12.3. The molecule has 236 valence electrons. The van der Waals surface area contributed by atoms with Gasteiger partial charge in [0.2, 0.25) is 5.91 Å². The summed E-state index contributed by atoms with van der Waals surface area (Å²) < 4.78 is 5.75. The number of carbonyl (C=O) groups excluding carboxylic acids is 3. The van der Waals surface area contributed by atoms with Gasteiger partial charge in [0, 0.05) is 16.8 Å². The number of likely N-dealkylation sites (N-methyl/N-ethyl adjacent to an activating group) is 1. The Kier molecular flexibility index (Phi) is 9.26. The molecule has 5 rings (SSSR count). The van der Waals surface area contributed by atoms with E-state index in [1.807, 2.05) is 51.1 Å². The quantitative estimate of drug-likeness (QED) is 0.220. The van der Waals surface area contributed by atoms with Crippen LogP contribution >= 0.6 is 0 Å². The van der Waals surface area contributed by atoms with Crippen molar-refractivity contribution in [1.82, 2.24) is 30.9 Å². The van der Waals surface area contributed by atoms with E-state index in [2.05, 4.69) is 36.2 Å². The van der Waals surface area contributed by atoms with Crippen LogP contribution in [0, 0.1) is 5.41 Å². The number of para-hydroxylation sites is 1. The smallest absolute Gasteiger partial charge is 0.257 e. The molecule has 0 bridgehead atoms. The van der Waals surface area contributed by atoms with Crippen LogP contribution in [0.25, 0.3) is 21.8 Å². The highest BCUT2D eigenvalue weighted by Gasteiger charge is 2.42. The van der Waals surface area contributed by atoms with Crippen LogP contribution in [0.3, 0.4) is 0 Å². The van der Waals surface area contributed by atoms with Gasteiger partial charge in [0.15, 0.2) is 0 Å². The van der Waals surface area contributed by atoms with E-state index >= 15 is 0 Å². The number of ether oxygens (including phenoxy) is 1. The number of aromatic nitrogens is 3. The number of benzene rings is 2. The minimum absolute atomic E-state index is 0.230. The van der Waals surface area contributed by atoms with E-state index in [1.165, 1.54) is 13.4 Å². The molecule has 1 aliphatic rings. The van der Waals surface area contributed by atoms with Gasteiger partial charge in [-0.3, -0.25) is 19.4 Å². The molecule has 0 radical (unpaired) electrons. The molecule has 0 spiro atoms. The number of imide groups is 1. The summed E-state index contributed by atoms with van der Waals surface area (Å²) in [6.45, 7) is 7.91. The number of rotatable bonds is 9. The van der Waals surface area contributed by atoms with Crippen LogP contribution in [-0.2, 0) is 14.4 Å². The minimum Gasteiger partial charge on any atom is -0.494 e. The van der Waals surface area contributed by atoms with Crippen molar-refractivity contribution in [3.8, 4) is 5.75 Å². The molecule has 1 fully saturated rings. The Morgan fingerprint density at radius 1 is 1.07 bits per heavy atom. The molecule has 4 aromatic rings. The van der Waals surface area contributed by atoms with E-state index in [0.29, 0.717) is 35.4 Å². The predicted molar refractivity (Wildman–Crippen MR) is 175 cm³/mol. The average molecular weight is 613 g/mol. The largest absolute Gasteiger partial charge is 0.494 e. The Morgan fingerprint density at radius 2 is 1.84 bits per heavy atom. The highest BCUT2D eigenvalue weighted by Crippen LogP contribution is 2.37. The first-order chi connectivity index (χ1) is 21.5. The van der Waals surface area contributed by atoms with Crippen LogP contribution in [0.15, 0.2) is 55.0 Å². The molecule has 4 N–H and O–H groups in total. The summed E-state index contributed by atoms with van der Waals surface area (Å²) in [5.74, 6) is -0.609. The van der Waals surface area contributed by atoms with E-state index in [-0.39, 0.29) is 17.3 Å². The van der Waals surface area contributed by atoms with Crippen molar-refractivity contribution >= 4 is 56.7 Å². The van der Waals surface area contributed by atoms with Crippen LogP contribution < -0.4 is 30.9 Å². The van der Waals surface area contributed by atoms with Gasteiger partial charge in [0.05, 0.1) is 47.8 Å². The van der Waals surface area contributed by atoms with Gasteiger partial charge in [-0.15, -0.1) is 0 Å². The summed E-state index contributed by atoms with van der Waals surface area (Å²) >= 11 is 0. The number of nitrogens with one attached hydrogen (secondary N) is 4. The maximum Gasteiger partial charge on any atom is 0.257 e. The summed E-state index contributed by atoms with van der Waals surface area (Å²) in [6, 6.07) is 11.0. The summed E-state index contributed by atoms with van der Waals surface area (Å²) in [6.07, 6.45) is 4.53. The van der Waals surface area contributed by atoms with E-state index < -0.39 is 35.4 Å². The second kappa shape index (κ2) is 13.1. The third-order valence-electron chi connectivity index (χ3n) is 8.06. The second-order valence-corrected chi connectivity index (χ2v) is 12.3. The molecule has 2 aromatic heterocycles. The normalized spacial score (nSPS) is 16.3. The van der Waals surface area contributed by atoms with Crippen LogP contribution in [0.2, 0.25) is 0 Å². The highest BCUT2D eigenvalue weighted by molar-refractivity contribution is 6.20. The van der Waals surface area contributed by atoms with Crippen molar-refractivity contribution in [2.75, 3.05) is 30.9 Å². The molecule has 3 heterocycles. The number of methoxy groups -OCH3 is 1. The minimum atomic E-state index is -1.03. The average Bonchev–Trinajstić information content (AvgIpc) is 3.58. The molecule has 3 atom stereocenters. The molecule has 3 amide bonds. The lowest BCUT2D eigenvalue weighted by Crippen LogP contribution is -2.60. The lowest BCUT2D eigenvalue weighted by atomic mass is 9.85. The van der Waals surface area contributed by atoms with Crippen molar-refractivity contribution in [2.45, 2.75) is 58.7 Å². The SMILES string of the molecule is CN[C@@H](C)C(=O)N[C@H](C(=O)N(C(=O)[C@@H]1CCCN1)c1cc2c(Nc3cnc4ccccc4c3)ncnc2cc1OC)C(C)(C)C. The first-order valence-electron chi connectivity index (χ1n) is 15.0. The van der Waals surface area contributed by atoms with Crippen molar-refractivity contribution in [3.63, 3.8) is 0 Å². The lowest BCUT2D eigenvalue weighted by molar-refractivity contribution is -0.134. The Hall–Kier alpha value is -4.68. The predicted octanol–water partition coefficient (Wildman–Crippen LogP) is 3.68. The third-order valence-corrected chi connectivity index (χ3v) is 8.06. The molecule has 1 aliphatic heterocycles. The lowest BCUT2D eigenvalue weighted by Gasteiger charge is -2.36. The zero-order valence-electron chi connectivity index (χ0n) is 26.5. The van der Waals surface area contributed by atoms with Crippen LogP contribution in [-0.4, -0.2) is 71.5 Å². The van der Waals surface area contributed by atoms with Gasteiger partial charge >= 0.3 is 0 Å². The van der Waals surface area contributed by atoms with Crippen molar-refractivity contribution in [1.29, 1.82) is 0 Å². The van der Waals surface area contributed by atoms with Gasteiger partial charge in [0.1, 0.15) is 23.9 Å². The first kappa shape index (κ1) is 31.7. The molecule has 2 aromatic carbocycles. The molecule has 12 heteroatoms. The fraction of sp³-hybridized carbons (Fsp3) is 0.394. The molecule has 45 heavy (non-hydrogen) atoms. The molecule has 0 aliphatic carbocycles. The first-order valence-corrected chi connectivity index (χ1v) is 15.0. The fourth-order valence-electron chi connectivity index (χ4n) is 5.36.